The first-order valence-electron chi connectivity index (χ1n) is 6.65. The topological polar surface area (TPSA) is 86.7 Å². The molecule has 6 nitrogen and oxygen atoms in total. The van der Waals surface area contributed by atoms with Crippen molar-refractivity contribution in [1.82, 2.24) is 9.62 Å². The Morgan fingerprint density at radius 2 is 2.00 bits per heavy atom. The molecule has 0 aromatic heterocycles. The minimum atomic E-state index is -3.73. The Kier molecular flexibility index (Phi) is 5.88. The lowest BCUT2D eigenvalue weighted by atomic mass is 10.1. The van der Waals surface area contributed by atoms with Gasteiger partial charge in [-0.1, -0.05) is 6.07 Å². The number of nitrogens with one attached hydrogen (secondary N) is 1. The molecule has 21 heavy (non-hydrogen) atoms. The van der Waals surface area contributed by atoms with Crippen molar-refractivity contribution in [2.24, 2.45) is 0 Å². The van der Waals surface area contributed by atoms with Crippen LogP contribution in [0.3, 0.4) is 0 Å². The Morgan fingerprint density at radius 1 is 1.38 bits per heavy atom. The zero-order valence-corrected chi connectivity index (χ0v) is 13.6. The Bertz CT molecular complexity index is 611. The Hall–Kier alpha value is -1.44. The predicted molar refractivity (Wildman–Crippen MR) is 81.1 cm³/mol. The molecule has 0 aliphatic carbocycles. The van der Waals surface area contributed by atoms with Crippen LogP contribution in [0.25, 0.3) is 0 Å². The molecule has 1 unspecified atom stereocenters. The molecule has 0 amide bonds. The van der Waals surface area contributed by atoms with Gasteiger partial charge in [-0.3, -0.25) is 0 Å². The zero-order valence-electron chi connectivity index (χ0n) is 12.8. The van der Waals surface area contributed by atoms with Gasteiger partial charge in [0.25, 0.3) is 0 Å². The first-order valence-corrected chi connectivity index (χ1v) is 8.13. The number of hydrogen-bond donors (Lipinski definition) is 2. The molecule has 0 spiro atoms. The molecule has 1 atom stereocenters. The van der Waals surface area contributed by atoms with Crippen LogP contribution < -0.4 is 4.72 Å². The molecular formula is C14H22N2O4S. The zero-order chi connectivity index (χ0) is 16.2. The summed E-state index contributed by atoms with van der Waals surface area (Å²) in [6.45, 7) is 4.05. The lowest BCUT2D eigenvalue weighted by Crippen LogP contribution is -2.35. The molecule has 0 saturated heterocycles. The van der Waals surface area contributed by atoms with E-state index in [1.165, 1.54) is 25.1 Å². The average Bonchev–Trinajstić information content (AvgIpc) is 2.35. The first-order chi connectivity index (χ1) is 9.65. The molecule has 1 rings (SSSR count). The summed E-state index contributed by atoms with van der Waals surface area (Å²) in [5, 5.41) is 9.06. The Balaban J connectivity index is 2.98. The van der Waals surface area contributed by atoms with E-state index < -0.39 is 16.0 Å². The summed E-state index contributed by atoms with van der Waals surface area (Å²) in [5.74, 6) is -1.13. The second-order valence-electron chi connectivity index (χ2n) is 5.35. The molecule has 118 valence electrons. The fourth-order valence-corrected chi connectivity index (χ4v) is 3.52. The maximum atomic E-state index is 12.4. The van der Waals surface area contributed by atoms with Crippen LogP contribution in [0.5, 0.6) is 0 Å². The molecule has 0 aliphatic rings. The first kappa shape index (κ1) is 17.6. The predicted octanol–water partition coefficient (Wildman–Crippen LogP) is 1.31. The monoisotopic (exact) mass is 314 g/mol. The highest BCUT2D eigenvalue weighted by atomic mass is 32.2. The summed E-state index contributed by atoms with van der Waals surface area (Å²) in [5.41, 5.74) is 0.246. The van der Waals surface area contributed by atoms with Gasteiger partial charge < -0.3 is 10.0 Å². The number of sulfonamides is 1. The van der Waals surface area contributed by atoms with Crippen LogP contribution in [-0.4, -0.2) is 51.1 Å². The molecule has 0 bridgehead atoms. The third-order valence-electron chi connectivity index (χ3n) is 3.17. The molecule has 1 aromatic carbocycles. The summed E-state index contributed by atoms with van der Waals surface area (Å²) in [6, 6.07) is 4.02. The van der Waals surface area contributed by atoms with Gasteiger partial charge in [-0.05, 0) is 58.6 Å². The van der Waals surface area contributed by atoms with Crippen LogP contribution in [-0.2, 0) is 10.0 Å². The van der Waals surface area contributed by atoms with Crippen LogP contribution >= 0.6 is 0 Å². The van der Waals surface area contributed by atoms with E-state index >= 15 is 0 Å². The molecule has 2 N–H and O–H groups in total. The molecule has 0 saturated carbocycles. The van der Waals surface area contributed by atoms with Gasteiger partial charge in [-0.25, -0.2) is 17.9 Å². The van der Waals surface area contributed by atoms with Crippen molar-refractivity contribution in [2.75, 3.05) is 20.6 Å². The van der Waals surface area contributed by atoms with E-state index in [2.05, 4.69) is 4.72 Å². The fourth-order valence-electron chi connectivity index (χ4n) is 1.98. The molecule has 7 heteroatoms. The van der Waals surface area contributed by atoms with Crippen molar-refractivity contribution in [3.05, 3.63) is 29.3 Å². The molecule has 0 radical (unpaired) electrons. The summed E-state index contributed by atoms with van der Waals surface area (Å²) in [7, 11) is 0.111. The van der Waals surface area contributed by atoms with Crippen molar-refractivity contribution >= 4 is 16.0 Å². The third-order valence-corrected chi connectivity index (χ3v) is 4.90. The van der Waals surface area contributed by atoms with Gasteiger partial charge in [-0.15, -0.1) is 0 Å². The van der Waals surface area contributed by atoms with E-state index in [0.717, 1.165) is 6.54 Å². The normalized spacial score (nSPS) is 13.4. The maximum absolute atomic E-state index is 12.4. The van der Waals surface area contributed by atoms with E-state index in [-0.39, 0.29) is 22.1 Å². The number of aromatic carboxylic acids is 1. The maximum Gasteiger partial charge on any atom is 0.335 e. The number of carbonyl (C=O) groups is 1. The Labute approximate surface area is 125 Å². The lowest BCUT2D eigenvalue weighted by Gasteiger charge is -2.18. The van der Waals surface area contributed by atoms with Gasteiger partial charge in [0.15, 0.2) is 0 Å². The SMILES string of the molecule is Cc1c(C(=O)O)cccc1S(=O)(=O)NC(C)CCN(C)C. The standard InChI is InChI=1S/C14H22N2O4S/c1-10(8-9-16(3)4)15-21(19,20)13-7-5-6-12(11(13)2)14(17)18/h5-7,10,15H,8-9H2,1-4H3,(H,17,18). The second-order valence-corrected chi connectivity index (χ2v) is 7.03. The van der Waals surface area contributed by atoms with Crippen molar-refractivity contribution < 1.29 is 18.3 Å². The quantitative estimate of drug-likeness (QED) is 0.792. The van der Waals surface area contributed by atoms with Crippen LogP contribution in [0.1, 0.15) is 29.3 Å². The van der Waals surface area contributed by atoms with E-state index in [9.17, 15) is 13.2 Å². The molecule has 0 heterocycles. The van der Waals surface area contributed by atoms with Gasteiger partial charge in [0.1, 0.15) is 0 Å². The van der Waals surface area contributed by atoms with Crippen LogP contribution in [0.2, 0.25) is 0 Å². The van der Waals surface area contributed by atoms with Crippen molar-refractivity contribution in [1.29, 1.82) is 0 Å². The van der Waals surface area contributed by atoms with Crippen LogP contribution in [0.15, 0.2) is 23.1 Å². The third kappa shape index (κ3) is 4.80. The number of benzene rings is 1. The van der Waals surface area contributed by atoms with Crippen LogP contribution in [0, 0.1) is 6.92 Å². The summed E-state index contributed by atoms with van der Waals surface area (Å²) < 4.78 is 27.3. The van der Waals surface area contributed by atoms with Crippen molar-refractivity contribution in [3.63, 3.8) is 0 Å². The van der Waals surface area contributed by atoms with Gasteiger partial charge in [-0.2, -0.15) is 0 Å². The van der Waals surface area contributed by atoms with Gasteiger partial charge >= 0.3 is 5.97 Å². The minimum absolute atomic E-state index is 0.00109. The number of carboxylic acids is 1. The lowest BCUT2D eigenvalue weighted by molar-refractivity contribution is 0.0696. The summed E-state index contributed by atoms with van der Waals surface area (Å²) in [6.07, 6.45) is 0.671. The summed E-state index contributed by atoms with van der Waals surface area (Å²) >= 11 is 0. The number of carboxylic acid groups (broad SMARTS) is 1. The highest BCUT2D eigenvalue weighted by molar-refractivity contribution is 7.89. The second kappa shape index (κ2) is 7.02. The van der Waals surface area contributed by atoms with Crippen molar-refractivity contribution in [2.45, 2.75) is 31.2 Å². The average molecular weight is 314 g/mol. The summed E-state index contributed by atoms with van der Waals surface area (Å²) in [4.78, 5) is 13.1. The van der Waals surface area contributed by atoms with E-state index in [1.807, 2.05) is 19.0 Å². The largest absolute Gasteiger partial charge is 0.478 e. The minimum Gasteiger partial charge on any atom is -0.478 e. The molecule has 0 aliphatic heterocycles. The molecule has 0 fully saturated rings. The van der Waals surface area contributed by atoms with E-state index in [0.29, 0.717) is 6.42 Å². The van der Waals surface area contributed by atoms with Gasteiger partial charge in [0.05, 0.1) is 10.5 Å². The van der Waals surface area contributed by atoms with Gasteiger partial charge in [0, 0.05) is 6.04 Å². The van der Waals surface area contributed by atoms with Crippen LogP contribution in [0.4, 0.5) is 0 Å². The fraction of sp³-hybridized carbons (Fsp3) is 0.500. The smallest absolute Gasteiger partial charge is 0.335 e. The molecule has 1 aromatic rings. The number of hydrogen-bond acceptors (Lipinski definition) is 4. The molecular weight excluding hydrogens is 292 g/mol. The number of rotatable bonds is 7. The number of nitrogens with zero attached hydrogens (tertiary/aromatic N) is 1. The highest BCUT2D eigenvalue weighted by Gasteiger charge is 2.22. The van der Waals surface area contributed by atoms with E-state index in [4.69, 9.17) is 5.11 Å². The van der Waals surface area contributed by atoms with Gasteiger partial charge in [0.2, 0.25) is 10.0 Å². The highest BCUT2D eigenvalue weighted by Crippen LogP contribution is 2.19. The van der Waals surface area contributed by atoms with Crippen molar-refractivity contribution in [3.8, 4) is 0 Å². The van der Waals surface area contributed by atoms with E-state index in [1.54, 1.807) is 6.92 Å². The Morgan fingerprint density at radius 3 is 2.52 bits per heavy atom.